The Balaban J connectivity index is 1.69. The Kier molecular flexibility index (Phi) is 4.51. The van der Waals surface area contributed by atoms with Crippen molar-refractivity contribution in [2.24, 2.45) is 5.92 Å². The molecule has 2 nitrogen and oxygen atoms in total. The van der Waals surface area contributed by atoms with Crippen LogP contribution in [-0.4, -0.2) is 17.8 Å². The number of hydrogen-bond donors (Lipinski definition) is 2. The summed E-state index contributed by atoms with van der Waals surface area (Å²) in [7, 11) is 0. The molecule has 1 aliphatic carbocycles. The van der Waals surface area contributed by atoms with Gasteiger partial charge in [0.25, 0.3) is 0 Å². The lowest BCUT2D eigenvalue weighted by Gasteiger charge is -2.25. The largest absolute Gasteiger partial charge is 0.393 e. The highest BCUT2D eigenvalue weighted by Gasteiger charge is 2.18. The van der Waals surface area contributed by atoms with E-state index in [1.165, 1.54) is 6.07 Å². The third-order valence-corrected chi connectivity index (χ3v) is 3.47. The second-order valence-electron chi connectivity index (χ2n) is 4.94. The second kappa shape index (κ2) is 6.12. The molecule has 0 bridgehead atoms. The van der Waals surface area contributed by atoms with Crippen LogP contribution in [0.4, 0.5) is 4.39 Å². The topological polar surface area (TPSA) is 32.3 Å². The average molecular weight is 237 g/mol. The molecule has 1 saturated carbocycles. The van der Waals surface area contributed by atoms with Crippen molar-refractivity contribution < 1.29 is 9.50 Å². The van der Waals surface area contributed by atoms with E-state index >= 15 is 0 Å². The van der Waals surface area contributed by atoms with Gasteiger partial charge in [-0.3, -0.25) is 0 Å². The van der Waals surface area contributed by atoms with Crippen LogP contribution in [0.5, 0.6) is 0 Å². The predicted octanol–water partition coefficient (Wildman–Crippen LogP) is 2.47. The van der Waals surface area contributed by atoms with Gasteiger partial charge >= 0.3 is 0 Å². The third kappa shape index (κ3) is 4.10. The molecule has 0 saturated heterocycles. The number of nitrogens with one attached hydrogen (secondary N) is 1. The molecular formula is C14H20FNO. The van der Waals surface area contributed by atoms with Crippen molar-refractivity contribution in [3.05, 3.63) is 35.6 Å². The van der Waals surface area contributed by atoms with Crippen molar-refractivity contribution in [3.63, 3.8) is 0 Å². The van der Waals surface area contributed by atoms with Gasteiger partial charge in [-0.1, -0.05) is 12.1 Å². The number of hydrogen-bond acceptors (Lipinski definition) is 2. The Hall–Kier alpha value is -0.930. The van der Waals surface area contributed by atoms with Crippen LogP contribution in [0, 0.1) is 11.7 Å². The van der Waals surface area contributed by atoms with Crippen LogP contribution in [0.15, 0.2) is 24.3 Å². The summed E-state index contributed by atoms with van der Waals surface area (Å²) in [5, 5.41) is 12.8. The van der Waals surface area contributed by atoms with Crippen LogP contribution in [0.25, 0.3) is 0 Å². The summed E-state index contributed by atoms with van der Waals surface area (Å²) in [6.45, 7) is 1.68. The molecular weight excluding hydrogens is 217 g/mol. The SMILES string of the molecule is OC1CCC(CNCc2cccc(F)c2)CC1. The van der Waals surface area contributed by atoms with Crippen LogP contribution in [0.3, 0.4) is 0 Å². The molecule has 1 aliphatic rings. The fraction of sp³-hybridized carbons (Fsp3) is 0.571. The fourth-order valence-corrected chi connectivity index (χ4v) is 2.42. The highest BCUT2D eigenvalue weighted by Crippen LogP contribution is 2.23. The van der Waals surface area contributed by atoms with E-state index in [9.17, 15) is 9.50 Å². The van der Waals surface area contributed by atoms with E-state index in [-0.39, 0.29) is 11.9 Å². The molecule has 1 aromatic carbocycles. The highest BCUT2D eigenvalue weighted by atomic mass is 19.1. The summed E-state index contributed by atoms with van der Waals surface area (Å²) in [4.78, 5) is 0. The molecule has 2 N–H and O–H groups in total. The molecule has 0 aromatic heterocycles. The van der Waals surface area contributed by atoms with Crippen LogP contribution >= 0.6 is 0 Å². The van der Waals surface area contributed by atoms with E-state index in [1.54, 1.807) is 12.1 Å². The Morgan fingerprint density at radius 2 is 2.00 bits per heavy atom. The first-order chi connectivity index (χ1) is 8.24. The van der Waals surface area contributed by atoms with Crippen LogP contribution < -0.4 is 5.32 Å². The molecule has 1 aromatic rings. The zero-order chi connectivity index (χ0) is 12.1. The van der Waals surface area contributed by atoms with Gasteiger partial charge in [0.2, 0.25) is 0 Å². The van der Waals surface area contributed by atoms with Crippen LogP contribution in [0.2, 0.25) is 0 Å². The van der Waals surface area contributed by atoms with Gasteiger partial charge in [0.15, 0.2) is 0 Å². The molecule has 0 aliphatic heterocycles. The molecule has 0 amide bonds. The zero-order valence-corrected chi connectivity index (χ0v) is 10.0. The van der Waals surface area contributed by atoms with Crippen molar-refractivity contribution in [2.75, 3.05) is 6.54 Å². The van der Waals surface area contributed by atoms with Crippen molar-refractivity contribution in [3.8, 4) is 0 Å². The summed E-state index contributed by atoms with van der Waals surface area (Å²) < 4.78 is 12.9. The monoisotopic (exact) mass is 237 g/mol. The number of aliphatic hydroxyl groups is 1. The van der Waals surface area contributed by atoms with E-state index in [2.05, 4.69) is 5.32 Å². The van der Waals surface area contributed by atoms with Crippen molar-refractivity contribution >= 4 is 0 Å². The van der Waals surface area contributed by atoms with Gasteiger partial charge in [-0.2, -0.15) is 0 Å². The average Bonchev–Trinajstić information content (AvgIpc) is 2.32. The Morgan fingerprint density at radius 1 is 1.24 bits per heavy atom. The number of aliphatic hydroxyl groups excluding tert-OH is 1. The first kappa shape index (κ1) is 12.5. The van der Waals surface area contributed by atoms with E-state index in [0.29, 0.717) is 5.92 Å². The fourth-order valence-electron chi connectivity index (χ4n) is 2.42. The smallest absolute Gasteiger partial charge is 0.123 e. The van der Waals surface area contributed by atoms with Gasteiger partial charge in [-0.15, -0.1) is 0 Å². The first-order valence-corrected chi connectivity index (χ1v) is 6.37. The number of halogens is 1. The zero-order valence-electron chi connectivity index (χ0n) is 10.0. The summed E-state index contributed by atoms with van der Waals surface area (Å²) in [5.74, 6) is 0.483. The minimum atomic E-state index is -0.176. The molecule has 0 spiro atoms. The number of benzene rings is 1. The van der Waals surface area contributed by atoms with Gasteiger partial charge in [-0.05, 0) is 55.8 Å². The van der Waals surface area contributed by atoms with Crippen molar-refractivity contribution in [1.29, 1.82) is 0 Å². The maximum absolute atomic E-state index is 12.9. The van der Waals surface area contributed by atoms with Crippen molar-refractivity contribution in [1.82, 2.24) is 5.32 Å². The summed E-state index contributed by atoms with van der Waals surface area (Å²) in [6.07, 6.45) is 3.95. The van der Waals surface area contributed by atoms with Crippen molar-refractivity contribution in [2.45, 2.75) is 38.3 Å². The van der Waals surface area contributed by atoms with Crippen LogP contribution in [0.1, 0.15) is 31.2 Å². The normalized spacial score (nSPS) is 24.8. The Bertz CT molecular complexity index is 348. The minimum absolute atomic E-state index is 0.0885. The molecule has 94 valence electrons. The quantitative estimate of drug-likeness (QED) is 0.843. The van der Waals surface area contributed by atoms with E-state index < -0.39 is 0 Å². The Labute approximate surface area is 102 Å². The lowest BCUT2D eigenvalue weighted by Crippen LogP contribution is -2.27. The molecule has 2 rings (SSSR count). The molecule has 0 unspecified atom stereocenters. The summed E-state index contributed by atoms with van der Waals surface area (Å²) in [6, 6.07) is 6.70. The lowest BCUT2D eigenvalue weighted by molar-refractivity contribution is 0.108. The lowest BCUT2D eigenvalue weighted by atomic mass is 9.87. The summed E-state index contributed by atoms with van der Waals surface area (Å²) >= 11 is 0. The van der Waals surface area contributed by atoms with Crippen LogP contribution in [-0.2, 0) is 6.54 Å². The van der Waals surface area contributed by atoms with Gasteiger partial charge in [-0.25, -0.2) is 4.39 Å². The standard InChI is InChI=1S/C14H20FNO/c15-13-3-1-2-12(8-13)10-16-9-11-4-6-14(17)7-5-11/h1-3,8,11,14,16-17H,4-7,9-10H2. The highest BCUT2D eigenvalue weighted by molar-refractivity contribution is 5.15. The summed E-state index contributed by atoms with van der Waals surface area (Å²) in [5.41, 5.74) is 0.987. The van der Waals surface area contributed by atoms with E-state index in [0.717, 1.165) is 44.3 Å². The molecule has 3 heteroatoms. The third-order valence-electron chi connectivity index (χ3n) is 3.47. The molecule has 17 heavy (non-hydrogen) atoms. The van der Waals surface area contributed by atoms with Gasteiger partial charge in [0, 0.05) is 6.54 Å². The second-order valence-corrected chi connectivity index (χ2v) is 4.94. The van der Waals surface area contributed by atoms with Gasteiger partial charge < -0.3 is 10.4 Å². The van der Waals surface area contributed by atoms with E-state index in [1.807, 2.05) is 6.07 Å². The van der Waals surface area contributed by atoms with Gasteiger partial charge in [0.05, 0.1) is 6.10 Å². The minimum Gasteiger partial charge on any atom is -0.393 e. The van der Waals surface area contributed by atoms with E-state index in [4.69, 9.17) is 0 Å². The molecule has 0 heterocycles. The Morgan fingerprint density at radius 3 is 2.71 bits per heavy atom. The van der Waals surface area contributed by atoms with Gasteiger partial charge in [0.1, 0.15) is 5.82 Å². The maximum atomic E-state index is 12.9. The molecule has 1 fully saturated rings. The molecule has 0 radical (unpaired) electrons. The predicted molar refractivity (Wildman–Crippen MR) is 66.1 cm³/mol. The maximum Gasteiger partial charge on any atom is 0.123 e. The number of rotatable bonds is 4. The molecule has 0 atom stereocenters. The first-order valence-electron chi connectivity index (χ1n) is 6.37.